The van der Waals surface area contributed by atoms with E-state index in [0.717, 1.165) is 0 Å². The van der Waals surface area contributed by atoms with E-state index < -0.39 is 6.09 Å². The summed E-state index contributed by atoms with van der Waals surface area (Å²) in [5.74, 6) is 1.57. The van der Waals surface area contributed by atoms with Gasteiger partial charge in [-0.1, -0.05) is 25.6 Å². The van der Waals surface area contributed by atoms with Crippen molar-refractivity contribution in [1.82, 2.24) is 20.2 Å². The monoisotopic (exact) mass is 364 g/mol. The Labute approximate surface area is 149 Å². The van der Waals surface area contributed by atoms with Gasteiger partial charge < -0.3 is 14.5 Å². The van der Waals surface area contributed by atoms with Crippen LogP contribution < -0.4 is 10.2 Å². The van der Waals surface area contributed by atoms with Crippen molar-refractivity contribution >= 4 is 29.6 Å². The molecule has 2 atom stereocenters. The Bertz CT molecular complexity index is 752. The number of nitrogens with zero attached hydrogens (tertiary/aromatic N) is 5. The number of ether oxygens (including phenoxy) is 1. The second kappa shape index (κ2) is 7.26. The zero-order valence-corrected chi connectivity index (χ0v) is 15.3. The molecule has 1 aliphatic heterocycles. The topological polar surface area (TPSA) is 106 Å². The first kappa shape index (κ1) is 17.5. The number of amides is 1. The smallest absolute Gasteiger partial charge is 0.415 e. The maximum atomic E-state index is 12.1. The first-order chi connectivity index (χ1) is 12.0. The summed E-state index contributed by atoms with van der Waals surface area (Å²) in [5.41, 5.74) is 0. The molecule has 10 heteroatoms. The molecule has 9 nitrogen and oxygen atoms in total. The van der Waals surface area contributed by atoms with Crippen LogP contribution in [0.2, 0.25) is 0 Å². The molecular formula is C15H20N6O3S. The summed E-state index contributed by atoms with van der Waals surface area (Å²) in [5, 5.41) is 11.5. The molecule has 0 saturated carbocycles. The van der Waals surface area contributed by atoms with Crippen molar-refractivity contribution in [1.29, 1.82) is 0 Å². The number of thioether (sulfide) groups is 1. The van der Waals surface area contributed by atoms with Gasteiger partial charge in [0.1, 0.15) is 18.5 Å². The minimum atomic E-state index is -0.391. The summed E-state index contributed by atoms with van der Waals surface area (Å²) in [4.78, 5) is 22.3. The van der Waals surface area contributed by atoms with Gasteiger partial charge in [-0.25, -0.2) is 9.78 Å². The summed E-state index contributed by atoms with van der Waals surface area (Å²) in [7, 11) is 0. The molecule has 1 aliphatic rings. The summed E-state index contributed by atoms with van der Waals surface area (Å²) in [6, 6.07) is 1.37. The highest BCUT2D eigenvalue weighted by molar-refractivity contribution is 7.98. The predicted octanol–water partition coefficient (Wildman–Crippen LogP) is 2.74. The molecule has 3 heterocycles. The molecule has 1 N–H and O–H groups in total. The Hall–Kier alpha value is -2.36. The zero-order valence-electron chi connectivity index (χ0n) is 14.5. The highest BCUT2D eigenvalue weighted by atomic mass is 32.2. The predicted molar refractivity (Wildman–Crippen MR) is 92.6 cm³/mol. The lowest BCUT2D eigenvalue weighted by Crippen LogP contribution is -2.37. The van der Waals surface area contributed by atoms with E-state index in [1.54, 1.807) is 17.2 Å². The third-order valence-corrected chi connectivity index (χ3v) is 4.39. The summed E-state index contributed by atoms with van der Waals surface area (Å²) < 4.78 is 10.7. The van der Waals surface area contributed by atoms with Gasteiger partial charge in [-0.15, -0.1) is 10.2 Å². The lowest BCUT2D eigenvalue weighted by atomic mass is 10.0. The largest absolute Gasteiger partial charge is 0.447 e. The Balaban J connectivity index is 1.78. The molecule has 2 aromatic heterocycles. The molecule has 0 aromatic carbocycles. The van der Waals surface area contributed by atoms with Gasteiger partial charge >= 0.3 is 6.09 Å². The van der Waals surface area contributed by atoms with Gasteiger partial charge in [0, 0.05) is 6.20 Å². The van der Waals surface area contributed by atoms with E-state index >= 15 is 0 Å². The number of carbonyl (C=O) groups excluding carboxylic acids is 1. The highest BCUT2D eigenvalue weighted by Gasteiger charge is 2.37. The van der Waals surface area contributed by atoms with Crippen LogP contribution in [0.15, 0.2) is 21.9 Å². The summed E-state index contributed by atoms with van der Waals surface area (Å²) >= 11 is 1.38. The Morgan fingerprint density at radius 2 is 2.16 bits per heavy atom. The van der Waals surface area contributed by atoms with Crippen molar-refractivity contribution in [3.8, 4) is 0 Å². The fraction of sp³-hybridized carbons (Fsp3) is 0.533. The summed E-state index contributed by atoms with van der Waals surface area (Å²) in [6.07, 6.45) is 3.07. The van der Waals surface area contributed by atoms with Gasteiger partial charge in [-0.05, 0) is 25.2 Å². The van der Waals surface area contributed by atoms with Crippen LogP contribution in [0.4, 0.5) is 16.6 Å². The first-order valence-electron chi connectivity index (χ1n) is 7.92. The zero-order chi connectivity index (χ0) is 18.0. The van der Waals surface area contributed by atoms with Gasteiger partial charge in [0.15, 0.2) is 0 Å². The van der Waals surface area contributed by atoms with Gasteiger partial charge in [0.25, 0.3) is 5.22 Å². The number of aromatic nitrogens is 4. The number of hydrogen-bond donors (Lipinski definition) is 1. The SMILES string of the molecule is CSc1nnc([C@H](C)Nc2nccc(N3C(=O)OCC3C(C)C)n2)o1. The second-order valence-electron chi connectivity index (χ2n) is 5.97. The molecule has 0 aliphatic carbocycles. The second-order valence-corrected chi connectivity index (χ2v) is 6.73. The van der Waals surface area contributed by atoms with Gasteiger partial charge in [-0.3, -0.25) is 4.90 Å². The van der Waals surface area contributed by atoms with E-state index in [0.29, 0.717) is 29.5 Å². The van der Waals surface area contributed by atoms with Gasteiger partial charge in [0.05, 0.1) is 6.04 Å². The number of rotatable bonds is 6. The Morgan fingerprint density at radius 3 is 2.84 bits per heavy atom. The number of nitrogens with one attached hydrogen (secondary N) is 1. The van der Waals surface area contributed by atoms with Crippen LogP contribution in [0.25, 0.3) is 0 Å². The molecule has 134 valence electrons. The van der Waals surface area contributed by atoms with E-state index in [-0.39, 0.29) is 18.0 Å². The van der Waals surface area contributed by atoms with Crippen LogP contribution in [-0.4, -0.2) is 45.2 Å². The Morgan fingerprint density at radius 1 is 1.36 bits per heavy atom. The molecule has 1 unspecified atom stereocenters. The maximum absolute atomic E-state index is 12.1. The van der Waals surface area contributed by atoms with Crippen molar-refractivity contribution in [2.24, 2.45) is 5.92 Å². The quantitative estimate of drug-likeness (QED) is 0.774. The first-order valence-corrected chi connectivity index (χ1v) is 9.15. The van der Waals surface area contributed by atoms with Crippen LogP contribution >= 0.6 is 11.8 Å². The molecule has 2 aromatic rings. The maximum Gasteiger partial charge on any atom is 0.415 e. The van der Waals surface area contributed by atoms with E-state index in [9.17, 15) is 4.79 Å². The molecular weight excluding hydrogens is 344 g/mol. The van der Waals surface area contributed by atoms with E-state index in [1.807, 2.05) is 27.0 Å². The summed E-state index contributed by atoms with van der Waals surface area (Å²) in [6.45, 7) is 6.32. The molecule has 3 rings (SSSR count). The van der Waals surface area contributed by atoms with Crippen molar-refractivity contribution in [2.45, 2.75) is 38.1 Å². The molecule has 1 fully saturated rings. The average molecular weight is 364 g/mol. The van der Waals surface area contributed by atoms with E-state index in [2.05, 4.69) is 25.5 Å². The number of hydrogen-bond acceptors (Lipinski definition) is 9. The number of cyclic esters (lactones) is 1. The van der Waals surface area contributed by atoms with Crippen molar-refractivity contribution in [2.75, 3.05) is 23.1 Å². The fourth-order valence-corrected chi connectivity index (χ4v) is 2.77. The lowest BCUT2D eigenvalue weighted by Gasteiger charge is -2.23. The van der Waals surface area contributed by atoms with Gasteiger partial charge in [0.2, 0.25) is 11.8 Å². The van der Waals surface area contributed by atoms with Crippen LogP contribution in [-0.2, 0) is 4.74 Å². The fourth-order valence-electron chi connectivity index (χ4n) is 2.48. The van der Waals surface area contributed by atoms with Crippen molar-refractivity contribution < 1.29 is 13.9 Å². The average Bonchev–Trinajstić information content (AvgIpc) is 3.21. The standard InChI is InChI=1S/C15H20N6O3S/c1-8(2)10-7-23-15(22)21(10)11-5-6-16-13(18-11)17-9(3)12-19-20-14(24-12)25-4/h5-6,8-10H,7H2,1-4H3,(H,16,17,18)/t9-,10?/m0/s1. The van der Waals surface area contributed by atoms with Crippen LogP contribution in [0.3, 0.4) is 0 Å². The highest BCUT2D eigenvalue weighted by Crippen LogP contribution is 2.26. The normalized spacial score (nSPS) is 18.5. The lowest BCUT2D eigenvalue weighted by molar-refractivity contribution is 0.177. The van der Waals surface area contributed by atoms with Crippen LogP contribution in [0, 0.1) is 5.92 Å². The minimum absolute atomic E-state index is 0.0484. The van der Waals surface area contributed by atoms with Crippen LogP contribution in [0.1, 0.15) is 32.7 Å². The van der Waals surface area contributed by atoms with Gasteiger partial charge in [-0.2, -0.15) is 4.98 Å². The molecule has 1 saturated heterocycles. The minimum Gasteiger partial charge on any atom is -0.447 e. The molecule has 1 amide bonds. The molecule has 25 heavy (non-hydrogen) atoms. The third kappa shape index (κ3) is 3.68. The molecule has 0 bridgehead atoms. The molecule has 0 spiro atoms. The third-order valence-electron chi connectivity index (χ3n) is 3.88. The number of anilines is 2. The van der Waals surface area contributed by atoms with Crippen molar-refractivity contribution in [3.05, 3.63) is 18.2 Å². The van der Waals surface area contributed by atoms with Crippen LogP contribution in [0.5, 0.6) is 0 Å². The van der Waals surface area contributed by atoms with Crippen molar-refractivity contribution in [3.63, 3.8) is 0 Å². The Kier molecular flexibility index (Phi) is 5.07. The van der Waals surface area contributed by atoms with E-state index in [1.165, 1.54) is 11.8 Å². The van der Waals surface area contributed by atoms with E-state index in [4.69, 9.17) is 9.15 Å². The molecule has 0 radical (unpaired) electrons. The number of carbonyl (C=O) groups is 1.